The van der Waals surface area contributed by atoms with E-state index in [1.54, 1.807) is 0 Å². The van der Waals surface area contributed by atoms with Crippen molar-refractivity contribution in [3.05, 3.63) is 35.9 Å². The molecule has 2 rings (SSSR count). The van der Waals surface area contributed by atoms with Crippen LogP contribution in [-0.4, -0.2) is 48.7 Å². The molecule has 0 aromatic heterocycles. The number of amides is 1. The van der Waals surface area contributed by atoms with E-state index in [0.29, 0.717) is 13.0 Å². The van der Waals surface area contributed by atoms with Crippen LogP contribution in [0, 0.1) is 0 Å². The number of hydrogen-bond acceptors (Lipinski definition) is 5. The minimum absolute atomic E-state index is 0.0274. The maximum Gasteiger partial charge on any atom is 0.320 e. The lowest BCUT2D eigenvalue weighted by Crippen LogP contribution is -2.38. The van der Waals surface area contributed by atoms with Gasteiger partial charge in [-0.05, 0) is 5.56 Å². The molecule has 112 valence electrons. The van der Waals surface area contributed by atoms with Crippen molar-refractivity contribution in [2.75, 3.05) is 26.2 Å². The molecule has 0 atom stereocenters. The Kier molecular flexibility index (Phi) is 5.45. The third-order valence-electron chi connectivity index (χ3n) is 3.17. The first-order valence-corrected chi connectivity index (χ1v) is 6.85. The Bertz CT molecular complexity index is 516. The molecule has 1 aliphatic rings. The van der Waals surface area contributed by atoms with Crippen LogP contribution in [0.3, 0.4) is 0 Å². The van der Waals surface area contributed by atoms with E-state index in [2.05, 4.69) is 5.32 Å². The molecule has 6 heteroatoms. The number of esters is 1. The highest BCUT2D eigenvalue weighted by Gasteiger charge is 2.23. The van der Waals surface area contributed by atoms with Gasteiger partial charge in [0.15, 0.2) is 5.78 Å². The fraction of sp³-hybridized carbons (Fsp3) is 0.400. The Morgan fingerprint density at radius 1 is 1.19 bits per heavy atom. The molecule has 0 saturated carbocycles. The minimum atomic E-state index is -0.413. The number of Topliss-reactive ketones (excluding diaryl/α,β-unsaturated/α-hetero) is 1. The zero-order valence-electron chi connectivity index (χ0n) is 11.7. The van der Waals surface area contributed by atoms with Crippen molar-refractivity contribution in [1.29, 1.82) is 0 Å². The third-order valence-corrected chi connectivity index (χ3v) is 3.17. The Morgan fingerprint density at radius 3 is 2.62 bits per heavy atom. The van der Waals surface area contributed by atoms with Gasteiger partial charge in [-0.1, -0.05) is 30.3 Å². The maximum atomic E-state index is 11.7. The minimum Gasteiger partial charge on any atom is -0.460 e. The summed E-state index contributed by atoms with van der Waals surface area (Å²) in [5, 5.41) is 2.74. The van der Waals surface area contributed by atoms with E-state index in [4.69, 9.17) is 4.74 Å². The van der Waals surface area contributed by atoms with E-state index >= 15 is 0 Å². The molecule has 0 unspecified atom stereocenters. The van der Waals surface area contributed by atoms with Crippen molar-refractivity contribution >= 4 is 17.7 Å². The molecule has 1 fully saturated rings. The van der Waals surface area contributed by atoms with E-state index in [1.165, 1.54) is 4.90 Å². The summed E-state index contributed by atoms with van der Waals surface area (Å²) in [6.45, 7) is 0.876. The molecule has 1 aromatic rings. The van der Waals surface area contributed by atoms with Crippen LogP contribution >= 0.6 is 0 Å². The average Bonchev–Trinajstić information content (AvgIpc) is 2.93. The lowest BCUT2D eigenvalue weighted by atomic mass is 10.2. The first-order valence-electron chi connectivity index (χ1n) is 6.85. The lowest BCUT2D eigenvalue weighted by molar-refractivity contribution is -0.144. The van der Waals surface area contributed by atoms with Gasteiger partial charge in [-0.15, -0.1) is 0 Å². The van der Waals surface area contributed by atoms with Crippen molar-refractivity contribution < 1.29 is 19.1 Å². The fourth-order valence-electron chi connectivity index (χ4n) is 2.02. The van der Waals surface area contributed by atoms with Gasteiger partial charge < -0.3 is 9.64 Å². The van der Waals surface area contributed by atoms with Crippen LogP contribution in [0.4, 0.5) is 0 Å². The van der Waals surface area contributed by atoms with Gasteiger partial charge in [-0.3, -0.25) is 19.7 Å². The summed E-state index contributed by atoms with van der Waals surface area (Å²) in [4.78, 5) is 35.8. The molecule has 1 heterocycles. The normalized spacial score (nSPS) is 14.3. The van der Waals surface area contributed by atoms with Crippen LogP contribution in [0.15, 0.2) is 30.3 Å². The third kappa shape index (κ3) is 5.00. The summed E-state index contributed by atoms with van der Waals surface area (Å²) in [6, 6.07) is 9.37. The van der Waals surface area contributed by atoms with Gasteiger partial charge in [-0.25, -0.2) is 0 Å². The smallest absolute Gasteiger partial charge is 0.320 e. The Hall–Kier alpha value is -2.21. The van der Waals surface area contributed by atoms with Crippen LogP contribution in [-0.2, 0) is 25.7 Å². The summed E-state index contributed by atoms with van der Waals surface area (Å²) in [5.41, 5.74) is 0.914. The zero-order chi connectivity index (χ0) is 15.1. The monoisotopic (exact) mass is 290 g/mol. The molecule has 6 nitrogen and oxygen atoms in total. The molecule has 21 heavy (non-hydrogen) atoms. The highest BCUT2D eigenvalue weighted by atomic mass is 16.5. The molecular formula is C15H18N2O4. The number of hydrogen-bond donors (Lipinski definition) is 1. The highest BCUT2D eigenvalue weighted by Crippen LogP contribution is 2.03. The number of ether oxygens (including phenoxy) is 1. The van der Waals surface area contributed by atoms with Gasteiger partial charge in [0.05, 0.1) is 19.6 Å². The van der Waals surface area contributed by atoms with Gasteiger partial charge in [-0.2, -0.15) is 0 Å². The van der Waals surface area contributed by atoms with Gasteiger partial charge in [0, 0.05) is 13.0 Å². The number of nitrogens with zero attached hydrogens (tertiary/aromatic N) is 1. The van der Waals surface area contributed by atoms with Crippen LogP contribution in [0.25, 0.3) is 0 Å². The van der Waals surface area contributed by atoms with Gasteiger partial charge >= 0.3 is 5.97 Å². The number of rotatable bonds is 6. The summed E-state index contributed by atoms with van der Waals surface area (Å²) in [7, 11) is 0. The summed E-state index contributed by atoms with van der Waals surface area (Å²) >= 11 is 0. The first kappa shape index (κ1) is 15.2. The van der Waals surface area contributed by atoms with Crippen LogP contribution in [0.1, 0.15) is 12.0 Å². The lowest BCUT2D eigenvalue weighted by Gasteiger charge is -2.14. The number of nitrogens with one attached hydrogen (secondary N) is 1. The van der Waals surface area contributed by atoms with Crippen molar-refractivity contribution in [2.45, 2.75) is 13.0 Å². The number of carbonyl (C=O) groups is 3. The number of likely N-dealkylation sites (tertiary alicyclic amines) is 1. The average molecular weight is 290 g/mol. The molecule has 0 bridgehead atoms. The molecule has 1 saturated heterocycles. The number of carbonyl (C=O) groups excluding carboxylic acids is 3. The topological polar surface area (TPSA) is 75.7 Å². The summed E-state index contributed by atoms with van der Waals surface area (Å²) < 4.78 is 5.07. The van der Waals surface area contributed by atoms with Gasteiger partial charge in [0.2, 0.25) is 5.91 Å². The first-order chi connectivity index (χ1) is 10.1. The van der Waals surface area contributed by atoms with Gasteiger partial charge in [0.25, 0.3) is 0 Å². The SMILES string of the molecule is O=C1CCN(C(=O)CNCC(=O)OCc2ccccc2)C1. The Morgan fingerprint density at radius 2 is 1.95 bits per heavy atom. The summed E-state index contributed by atoms with van der Waals surface area (Å²) in [6.07, 6.45) is 0.421. The second kappa shape index (κ2) is 7.54. The largest absolute Gasteiger partial charge is 0.460 e. The fourth-order valence-corrected chi connectivity index (χ4v) is 2.02. The van der Waals surface area contributed by atoms with Crippen molar-refractivity contribution in [1.82, 2.24) is 10.2 Å². The molecule has 1 aromatic carbocycles. The van der Waals surface area contributed by atoms with Crippen molar-refractivity contribution in [3.8, 4) is 0 Å². The Labute approximate surface area is 123 Å². The molecular weight excluding hydrogens is 272 g/mol. The van der Waals surface area contributed by atoms with E-state index in [0.717, 1.165) is 5.56 Å². The number of benzene rings is 1. The van der Waals surface area contributed by atoms with Crippen molar-refractivity contribution in [3.63, 3.8) is 0 Å². The van der Waals surface area contributed by atoms with E-state index in [-0.39, 0.29) is 37.9 Å². The second-order valence-corrected chi connectivity index (χ2v) is 4.85. The second-order valence-electron chi connectivity index (χ2n) is 4.85. The van der Waals surface area contributed by atoms with Crippen LogP contribution in [0.2, 0.25) is 0 Å². The molecule has 1 N–H and O–H groups in total. The standard InChI is InChI=1S/C15H18N2O4/c18-13-6-7-17(10-13)14(19)8-16-9-15(20)21-11-12-4-2-1-3-5-12/h1-5,16H,6-11H2. The molecule has 0 spiro atoms. The predicted molar refractivity (Wildman–Crippen MR) is 75.3 cm³/mol. The maximum absolute atomic E-state index is 11.7. The number of ketones is 1. The van der Waals surface area contributed by atoms with E-state index in [9.17, 15) is 14.4 Å². The van der Waals surface area contributed by atoms with Crippen LogP contribution in [0.5, 0.6) is 0 Å². The molecule has 1 aliphatic heterocycles. The molecule has 0 radical (unpaired) electrons. The Balaban J connectivity index is 1.61. The van der Waals surface area contributed by atoms with Crippen molar-refractivity contribution in [2.24, 2.45) is 0 Å². The quantitative estimate of drug-likeness (QED) is 0.753. The molecule has 1 amide bonds. The van der Waals surface area contributed by atoms with Crippen LogP contribution < -0.4 is 5.32 Å². The zero-order valence-corrected chi connectivity index (χ0v) is 11.7. The molecule has 0 aliphatic carbocycles. The highest BCUT2D eigenvalue weighted by molar-refractivity contribution is 5.90. The van der Waals surface area contributed by atoms with Gasteiger partial charge in [0.1, 0.15) is 6.61 Å². The van der Waals surface area contributed by atoms with E-state index in [1.807, 2.05) is 30.3 Å². The predicted octanol–water partition coefficient (Wildman–Crippen LogP) is 0.121. The van der Waals surface area contributed by atoms with E-state index < -0.39 is 5.97 Å². The summed E-state index contributed by atoms with van der Waals surface area (Å²) in [5.74, 6) is -0.508.